The Balaban J connectivity index is 1.55. The molecule has 9 heteroatoms. The first-order valence-corrected chi connectivity index (χ1v) is 8.64. The third kappa shape index (κ3) is 3.05. The number of nitrogens with zero attached hydrogens (tertiary/aromatic N) is 7. The van der Waals surface area contributed by atoms with Gasteiger partial charge >= 0.3 is 0 Å². The van der Waals surface area contributed by atoms with Crippen molar-refractivity contribution >= 4 is 17.3 Å². The van der Waals surface area contributed by atoms with Crippen LogP contribution in [0.4, 0.5) is 11.6 Å². The van der Waals surface area contributed by atoms with Gasteiger partial charge in [0.2, 0.25) is 5.65 Å². The number of ether oxygens (including phenoxy) is 1. The van der Waals surface area contributed by atoms with Gasteiger partial charge in [-0.2, -0.15) is 0 Å². The first-order chi connectivity index (χ1) is 12.7. The van der Waals surface area contributed by atoms with Crippen LogP contribution in [-0.2, 0) is 4.74 Å². The summed E-state index contributed by atoms with van der Waals surface area (Å²) in [5.41, 5.74) is 1.68. The molecule has 0 amide bonds. The van der Waals surface area contributed by atoms with E-state index in [9.17, 15) is 0 Å². The van der Waals surface area contributed by atoms with Gasteiger partial charge in [-0.3, -0.25) is 4.40 Å². The summed E-state index contributed by atoms with van der Waals surface area (Å²) in [5.74, 6) is 2.49. The highest BCUT2D eigenvalue weighted by Gasteiger charge is 2.33. The molecular formula is C17H22N8O. The monoisotopic (exact) mass is 354 g/mol. The molecular weight excluding hydrogens is 332 g/mol. The average Bonchev–Trinajstić information content (AvgIpc) is 3.24. The van der Waals surface area contributed by atoms with Gasteiger partial charge in [-0.1, -0.05) is 0 Å². The van der Waals surface area contributed by atoms with E-state index in [1.807, 2.05) is 30.5 Å². The standard InChI is InChI=1S/C17H22N8O/c1-11-6-15(21-10-20-11)25-9-14(26-3)7-13(25)8-19-16-17-23-22-12(2)24(17)5-4-18-16/h4-6,10,13-14H,7-9H2,1-3H3,(H,18,19)/t13-,14-/m0/s1. The summed E-state index contributed by atoms with van der Waals surface area (Å²) in [6.07, 6.45) is 6.32. The number of anilines is 2. The average molecular weight is 354 g/mol. The molecule has 0 unspecified atom stereocenters. The maximum Gasteiger partial charge on any atom is 0.203 e. The second kappa shape index (κ2) is 6.83. The molecule has 3 aromatic heterocycles. The van der Waals surface area contributed by atoms with Crippen molar-refractivity contribution in [2.24, 2.45) is 0 Å². The number of rotatable bonds is 5. The van der Waals surface area contributed by atoms with Crippen LogP contribution in [0.5, 0.6) is 0 Å². The molecule has 26 heavy (non-hydrogen) atoms. The van der Waals surface area contributed by atoms with Crippen LogP contribution in [0.3, 0.4) is 0 Å². The number of fused-ring (bicyclic) bond motifs is 1. The molecule has 1 saturated heterocycles. The molecule has 0 bridgehead atoms. The Bertz CT molecular complexity index is 911. The van der Waals surface area contributed by atoms with Gasteiger partial charge in [0.05, 0.1) is 12.1 Å². The van der Waals surface area contributed by atoms with Crippen LogP contribution >= 0.6 is 0 Å². The topological polar surface area (TPSA) is 93.4 Å². The van der Waals surface area contributed by atoms with Gasteiger partial charge in [0, 0.05) is 44.4 Å². The van der Waals surface area contributed by atoms with E-state index in [0.29, 0.717) is 6.54 Å². The highest BCUT2D eigenvalue weighted by Crippen LogP contribution is 2.26. The Hall–Kier alpha value is -2.81. The number of hydrogen-bond acceptors (Lipinski definition) is 8. The summed E-state index contributed by atoms with van der Waals surface area (Å²) < 4.78 is 7.52. The van der Waals surface area contributed by atoms with Crippen LogP contribution in [0.1, 0.15) is 17.9 Å². The van der Waals surface area contributed by atoms with Crippen LogP contribution in [-0.4, -0.2) is 61.9 Å². The van der Waals surface area contributed by atoms with Gasteiger partial charge in [-0.25, -0.2) is 15.0 Å². The molecule has 1 N–H and O–H groups in total. The minimum atomic E-state index is 0.177. The van der Waals surface area contributed by atoms with E-state index in [1.54, 1.807) is 19.6 Å². The van der Waals surface area contributed by atoms with Crippen LogP contribution < -0.4 is 10.2 Å². The van der Waals surface area contributed by atoms with E-state index in [-0.39, 0.29) is 12.1 Å². The van der Waals surface area contributed by atoms with Crippen molar-refractivity contribution in [3.63, 3.8) is 0 Å². The number of aryl methyl sites for hydroxylation is 2. The van der Waals surface area contributed by atoms with Gasteiger partial charge < -0.3 is 15.0 Å². The molecule has 2 atom stereocenters. The van der Waals surface area contributed by atoms with E-state index in [0.717, 1.165) is 41.8 Å². The van der Waals surface area contributed by atoms with Crippen LogP contribution in [0.2, 0.25) is 0 Å². The lowest BCUT2D eigenvalue weighted by Gasteiger charge is -2.25. The van der Waals surface area contributed by atoms with Crippen molar-refractivity contribution in [1.82, 2.24) is 29.5 Å². The summed E-state index contributed by atoms with van der Waals surface area (Å²) in [5, 5.41) is 11.8. The van der Waals surface area contributed by atoms with Crippen molar-refractivity contribution in [3.8, 4) is 0 Å². The molecule has 0 radical (unpaired) electrons. The first kappa shape index (κ1) is 16.6. The van der Waals surface area contributed by atoms with E-state index in [4.69, 9.17) is 4.74 Å². The third-order valence-electron chi connectivity index (χ3n) is 4.80. The van der Waals surface area contributed by atoms with Crippen LogP contribution in [0, 0.1) is 13.8 Å². The van der Waals surface area contributed by atoms with Crippen molar-refractivity contribution in [1.29, 1.82) is 0 Å². The fourth-order valence-electron chi connectivity index (χ4n) is 3.40. The molecule has 1 aliphatic heterocycles. The number of aromatic nitrogens is 6. The molecule has 0 aliphatic carbocycles. The molecule has 1 fully saturated rings. The zero-order chi connectivity index (χ0) is 18.1. The summed E-state index contributed by atoms with van der Waals surface area (Å²) in [6, 6.07) is 2.24. The third-order valence-corrected chi connectivity index (χ3v) is 4.80. The lowest BCUT2D eigenvalue weighted by atomic mass is 10.2. The van der Waals surface area contributed by atoms with Crippen molar-refractivity contribution < 1.29 is 4.74 Å². The van der Waals surface area contributed by atoms with Gasteiger partial charge in [-0.15, -0.1) is 10.2 Å². The normalized spacial score (nSPS) is 20.0. The summed E-state index contributed by atoms with van der Waals surface area (Å²) in [7, 11) is 1.76. The second-order valence-corrected chi connectivity index (χ2v) is 6.51. The van der Waals surface area contributed by atoms with Gasteiger partial charge in [-0.05, 0) is 20.3 Å². The Morgan fingerprint density at radius 1 is 1.23 bits per heavy atom. The molecule has 4 heterocycles. The highest BCUT2D eigenvalue weighted by molar-refractivity contribution is 5.62. The number of methoxy groups -OCH3 is 1. The SMILES string of the molecule is CO[C@H]1C[C@@H](CNc2nccn3c(C)nnc23)N(c2cc(C)ncn2)C1. The van der Waals surface area contributed by atoms with Crippen molar-refractivity contribution in [2.75, 3.05) is 30.4 Å². The molecule has 1 aliphatic rings. The zero-order valence-corrected chi connectivity index (χ0v) is 15.1. The minimum absolute atomic E-state index is 0.177. The predicted octanol–water partition coefficient (Wildman–Crippen LogP) is 1.24. The quantitative estimate of drug-likeness (QED) is 0.731. The fraction of sp³-hybridized carbons (Fsp3) is 0.471. The Kier molecular flexibility index (Phi) is 4.37. The molecule has 136 valence electrons. The largest absolute Gasteiger partial charge is 0.380 e. The van der Waals surface area contributed by atoms with E-state index in [2.05, 4.69) is 35.4 Å². The lowest BCUT2D eigenvalue weighted by molar-refractivity contribution is 0.118. The predicted molar refractivity (Wildman–Crippen MR) is 97.3 cm³/mol. The van der Waals surface area contributed by atoms with Crippen LogP contribution in [0.15, 0.2) is 24.8 Å². The summed E-state index contributed by atoms with van der Waals surface area (Å²) in [6.45, 7) is 5.41. The second-order valence-electron chi connectivity index (χ2n) is 6.51. The smallest absolute Gasteiger partial charge is 0.203 e. The van der Waals surface area contributed by atoms with Gasteiger partial charge in [0.1, 0.15) is 18.0 Å². The van der Waals surface area contributed by atoms with Crippen LogP contribution in [0.25, 0.3) is 5.65 Å². The number of nitrogens with one attached hydrogen (secondary N) is 1. The van der Waals surface area contributed by atoms with Gasteiger partial charge in [0.15, 0.2) is 5.82 Å². The van der Waals surface area contributed by atoms with Gasteiger partial charge in [0.25, 0.3) is 0 Å². The molecule has 0 spiro atoms. The molecule has 9 nitrogen and oxygen atoms in total. The summed E-state index contributed by atoms with van der Waals surface area (Å²) in [4.78, 5) is 15.3. The molecule has 0 saturated carbocycles. The Labute approximate surface area is 151 Å². The maximum absolute atomic E-state index is 5.59. The summed E-state index contributed by atoms with van der Waals surface area (Å²) >= 11 is 0. The van der Waals surface area contributed by atoms with E-state index in [1.165, 1.54) is 0 Å². The highest BCUT2D eigenvalue weighted by atomic mass is 16.5. The Morgan fingerprint density at radius 2 is 2.12 bits per heavy atom. The van der Waals surface area contributed by atoms with E-state index < -0.39 is 0 Å². The molecule has 0 aromatic carbocycles. The number of hydrogen-bond donors (Lipinski definition) is 1. The maximum atomic E-state index is 5.59. The molecule has 4 rings (SSSR count). The zero-order valence-electron chi connectivity index (χ0n) is 15.1. The van der Waals surface area contributed by atoms with Crippen molar-refractivity contribution in [3.05, 3.63) is 36.3 Å². The minimum Gasteiger partial charge on any atom is -0.380 e. The first-order valence-electron chi connectivity index (χ1n) is 8.64. The lowest BCUT2D eigenvalue weighted by Crippen LogP contribution is -2.36. The Morgan fingerprint density at radius 3 is 2.92 bits per heavy atom. The fourth-order valence-corrected chi connectivity index (χ4v) is 3.40. The van der Waals surface area contributed by atoms with Crippen molar-refractivity contribution in [2.45, 2.75) is 32.4 Å². The van der Waals surface area contributed by atoms with E-state index >= 15 is 0 Å². The molecule has 3 aromatic rings.